The molecule has 3 heterocycles. The molecule has 0 aromatic carbocycles. The van der Waals surface area contributed by atoms with Gasteiger partial charge in [-0.25, -0.2) is 9.97 Å². The van der Waals surface area contributed by atoms with Gasteiger partial charge in [0.1, 0.15) is 10.8 Å². The van der Waals surface area contributed by atoms with Gasteiger partial charge >= 0.3 is 0 Å². The number of pyridine rings is 3. The number of oxime groups is 1. The summed E-state index contributed by atoms with van der Waals surface area (Å²) >= 11 is 6.01. The van der Waals surface area contributed by atoms with E-state index < -0.39 is 0 Å². The van der Waals surface area contributed by atoms with E-state index in [0.29, 0.717) is 28.5 Å². The van der Waals surface area contributed by atoms with Gasteiger partial charge in [0, 0.05) is 30.4 Å². The highest BCUT2D eigenvalue weighted by atomic mass is 35.5. The van der Waals surface area contributed by atoms with Crippen molar-refractivity contribution in [1.82, 2.24) is 15.0 Å². The zero-order valence-corrected chi connectivity index (χ0v) is 16.1. The topological polar surface area (TPSA) is 89.4 Å². The van der Waals surface area contributed by atoms with E-state index in [4.69, 9.17) is 16.4 Å². The second kappa shape index (κ2) is 9.05. The first-order valence-electron chi connectivity index (χ1n) is 8.61. The predicted octanol–water partition coefficient (Wildman–Crippen LogP) is 4.28. The lowest BCUT2D eigenvalue weighted by molar-refractivity contribution is 0.102. The van der Waals surface area contributed by atoms with Crippen LogP contribution in [0.1, 0.15) is 34.8 Å². The SMILES string of the molecule is CC/C(=N/Oc1ncccc1Cl)c1ccc(NC(=O)c2cnccc2C)nc1. The highest BCUT2D eigenvalue weighted by Gasteiger charge is 2.11. The summed E-state index contributed by atoms with van der Waals surface area (Å²) in [6.45, 7) is 3.80. The Morgan fingerprint density at radius 1 is 1.18 bits per heavy atom. The lowest BCUT2D eigenvalue weighted by Crippen LogP contribution is -2.15. The van der Waals surface area contributed by atoms with Crippen molar-refractivity contribution in [3.8, 4) is 5.88 Å². The van der Waals surface area contributed by atoms with Crippen molar-refractivity contribution in [1.29, 1.82) is 0 Å². The van der Waals surface area contributed by atoms with Crippen LogP contribution in [0, 0.1) is 6.92 Å². The van der Waals surface area contributed by atoms with Crippen LogP contribution in [0.25, 0.3) is 0 Å². The minimum Gasteiger partial charge on any atom is -0.335 e. The summed E-state index contributed by atoms with van der Waals surface area (Å²) in [6, 6.07) is 8.68. The van der Waals surface area contributed by atoms with Crippen LogP contribution >= 0.6 is 11.6 Å². The summed E-state index contributed by atoms with van der Waals surface area (Å²) in [5, 5.41) is 7.27. The second-order valence-electron chi connectivity index (χ2n) is 5.85. The zero-order chi connectivity index (χ0) is 19.9. The highest BCUT2D eigenvalue weighted by Crippen LogP contribution is 2.20. The van der Waals surface area contributed by atoms with Crippen molar-refractivity contribution < 1.29 is 9.63 Å². The smallest absolute Gasteiger partial charge is 0.267 e. The fourth-order valence-corrected chi connectivity index (χ4v) is 2.54. The summed E-state index contributed by atoms with van der Waals surface area (Å²) in [6.07, 6.45) is 6.99. The third-order valence-corrected chi connectivity index (χ3v) is 4.21. The Balaban J connectivity index is 1.72. The van der Waals surface area contributed by atoms with E-state index >= 15 is 0 Å². The molecule has 0 unspecified atom stereocenters. The molecule has 0 aliphatic heterocycles. The van der Waals surface area contributed by atoms with Crippen molar-refractivity contribution in [2.75, 3.05) is 5.32 Å². The number of halogens is 1. The number of aryl methyl sites for hydroxylation is 1. The Bertz CT molecular complexity index is 1010. The van der Waals surface area contributed by atoms with Crippen LogP contribution in [0.15, 0.2) is 60.3 Å². The molecule has 3 aromatic heterocycles. The average Bonchev–Trinajstić information content (AvgIpc) is 2.71. The molecule has 142 valence electrons. The molecule has 8 heteroatoms. The van der Waals surface area contributed by atoms with Crippen LogP contribution in [-0.4, -0.2) is 26.6 Å². The molecule has 28 heavy (non-hydrogen) atoms. The Kier molecular flexibility index (Phi) is 6.29. The number of nitrogens with zero attached hydrogens (tertiary/aromatic N) is 4. The highest BCUT2D eigenvalue weighted by molar-refractivity contribution is 6.31. The van der Waals surface area contributed by atoms with Crippen LogP contribution < -0.4 is 10.2 Å². The molecule has 0 atom stereocenters. The van der Waals surface area contributed by atoms with Crippen LogP contribution in [0.5, 0.6) is 5.88 Å². The zero-order valence-electron chi connectivity index (χ0n) is 15.4. The van der Waals surface area contributed by atoms with Gasteiger partial charge in [0.2, 0.25) is 0 Å². The molecule has 1 amide bonds. The van der Waals surface area contributed by atoms with Crippen molar-refractivity contribution in [2.24, 2.45) is 5.16 Å². The molecule has 0 saturated carbocycles. The predicted molar refractivity (Wildman–Crippen MR) is 108 cm³/mol. The van der Waals surface area contributed by atoms with E-state index in [2.05, 4.69) is 25.4 Å². The molecular formula is C20H18ClN5O2. The molecule has 3 aromatic rings. The summed E-state index contributed by atoms with van der Waals surface area (Å²) in [5.74, 6) is 0.406. The van der Waals surface area contributed by atoms with Gasteiger partial charge in [-0.1, -0.05) is 23.7 Å². The Labute approximate surface area is 167 Å². The molecule has 0 saturated heterocycles. The Hall–Kier alpha value is -3.32. The standard InChI is InChI=1S/C20H18ClN5O2/c1-3-17(26-28-20-16(21)5-4-9-23-20)14-6-7-18(24-11-14)25-19(27)15-12-22-10-8-13(15)2/h4-12H,3H2,1-2H3,(H,24,25,27)/b26-17-. The number of anilines is 1. The number of carbonyl (C=O) groups excluding carboxylic acids is 1. The van der Waals surface area contributed by atoms with Gasteiger partial charge in [0.05, 0.1) is 11.3 Å². The molecule has 7 nitrogen and oxygen atoms in total. The largest absolute Gasteiger partial charge is 0.335 e. The van der Waals surface area contributed by atoms with Gasteiger partial charge in [-0.3, -0.25) is 9.78 Å². The van der Waals surface area contributed by atoms with Gasteiger partial charge in [-0.15, -0.1) is 0 Å². The first kappa shape index (κ1) is 19.4. The van der Waals surface area contributed by atoms with E-state index in [1.54, 1.807) is 42.9 Å². The molecule has 0 fully saturated rings. The van der Waals surface area contributed by atoms with Gasteiger partial charge in [-0.05, 0) is 49.2 Å². The Morgan fingerprint density at radius 3 is 2.71 bits per heavy atom. The number of aromatic nitrogens is 3. The summed E-state index contributed by atoms with van der Waals surface area (Å²) in [4.78, 5) is 30.0. The van der Waals surface area contributed by atoms with Crippen LogP contribution in [0.4, 0.5) is 5.82 Å². The maximum absolute atomic E-state index is 12.3. The van der Waals surface area contributed by atoms with Crippen LogP contribution in [-0.2, 0) is 0 Å². The minimum atomic E-state index is -0.261. The molecular weight excluding hydrogens is 378 g/mol. The third-order valence-electron chi connectivity index (χ3n) is 3.92. The lowest BCUT2D eigenvalue weighted by atomic mass is 10.1. The van der Waals surface area contributed by atoms with E-state index in [1.165, 1.54) is 6.20 Å². The average molecular weight is 396 g/mol. The first-order chi connectivity index (χ1) is 13.6. The van der Waals surface area contributed by atoms with Gasteiger partial charge < -0.3 is 10.2 Å². The van der Waals surface area contributed by atoms with E-state index in [0.717, 1.165) is 11.1 Å². The number of amides is 1. The fourth-order valence-electron chi connectivity index (χ4n) is 2.38. The van der Waals surface area contributed by atoms with Crippen molar-refractivity contribution in [2.45, 2.75) is 20.3 Å². The number of carbonyl (C=O) groups is 1. The second-order valence-corrected chi connectivity index (χ2v) is 6.26. The van der Waals surface area contributed by atoms with Gasteiger partial charge in [0.25, 0.3) is 11.8 Å². The first-order valence-corrected chi connectivity index (χ1v) is 8.99. The minimum absolute atomic E-state index is 0.235. The summed E-state index contributed by atoms with van der Waals surface area (Å²) in [7, 11) is 0. The molecule has 1 N–H and O–H groups in total. The maximum Gasteiger partial charge on any atom is 0.267 e. The summed E-state index contributed by atoms with van der Waals surface area (Å²) in [5.41, 5.74) is 2.79. The lowest BCUT2D eigenvalue weighted by Gasteiger charge is -2.08. The van der Waals surface area contributed by atoms with Crippen LogP contribution in [0.2, 0.25) is 5.02 Å². The number of rotatable bonds is 6. The molecule has 0 aliphatic carbocycles. The number of hydrogen-bond acceptors (Lipinski definition) is 6. The third kappa shape index (κ3) is 4.69. The van der Waals surface area contributed by atoms with Crippen LogP contribution in [0.3, 0.4) is 0 Å². The monoisotopic (exact) mass is 395 g/mol. The van der Waals surface area contributed by atoms with E-state index in [-0.39, 0.29) is 11.8 Å². The number of hydrogen-bond donors (Lipinski definition) is 1. The van der Waals surface area contributed by atoms with Gasteiger partial charge in [-0.2, -0.15) is 0 Å². The van der Waals surface area contributed by atoms with Crippen molar-refractivity contribution >= 4 is 29.0 Å². The summed E-state index contributed by atoms with van der Waals surface area (Å²) < 4.78 is 0. The molecule has 0 bridgehead atoms. The van der Waals surface area contributed by atoms with Gasteiger partial charge in [0.15, 0.2) is 0 Å². The normalized spacial score (nSPS) is 11.2. The molecule has 0 spiro atoms. The Morgan fingerprint density at radius 2 is 2.04 bits per heavy atom. The molecule has 0 aliphatic rings. The number of nitrogens with one attached hydrogen (secondary N) is 1. The molecule has 3 rings (SSSR count). The quantitative estimate of drug-likeness (QED) is 0.497. The van der Waals surface area contributed by atoms with Crippen molar-refractivity contribution in [3.63, 3.8) is 0 Å². The van der Waals surface area contributed by atoms with E-state index in [1.807, 2.05) is 19.9 Å². The van der Waals surface area contributed by atoms with E-state index in [9.17, 15) is 4.79 Å². The molecule has 0 radical (unpaired) electrons. The fraction of sp³-hybridized carbons (Fsp3) is 0.150. The van der Waals surface area contributed by atoms with Crippen molar-refractivity contribution in [3.05, 3.63) is 76.8 Å². The maximum atomic E-state index is 12.3.